The molecule has 7 nitrogen and oxygen atoms in total. The number of ether oxygens (including phenoxy) is 2. The second-order valence-electron chi connectivity index (χ2n) is 9.04. The van der Waals surface area contributed by atoms with Crippen LogP contribution in [0.1, 0.15) is 36.9 Å². The van der Waals surface area contributed by atoms with E-state index in [2.05, 4.69) is 4.98 Å². The molecular formula is C28H30N2O5S. The van der Waals surface area contributed by atoms with Gasteiger partial charge in [0.15, 0.2) is 11.5 Å². The molecule has 1 aromatic heterocycles. The third-order valence-electron chi connectivity index (χ3n) is 5.92. The van der Waals surface area contributed by atoms with E-state index >= 15 is 0 Å². The van der Waals surface area contributed by atoms with Gasteiger partial charge in [0.05, 0.1) is 28.9 Å². The van der Waals surface area contributed by atoms with Crippen molar-refractivity contribution in [3.63, 3.8) is 0 Å². The Hall–Kier alpha value is -3.49. The number of aliphatic hydroxyl groups is 1. The van der Waals surface area contributed by atoms with E-state index in [0.717, 1.165) is 16.3 Å². The molecule has 0 spiro atoms. The van der Waals surface area contributed by atoms with Crippen LogP contribution in [-0.2, 0) is 14.3 Å². The van der Waals surface area contributed by atoms with E-state index in [-0.39, 0.29) is 23.7 Å². The lowest BCUT2D eigenvalue weighted by atomic mass is 9.91. The SMILES string of the molecule is COCCOc1ccccc1C1C(C(=O)CC(C)C)=C(O)C(=O)N1c1ccc(-c2csc(C)n2)cc1. The van der Waals surface area contributed by atoms with Crippen LogP contribution in [0.4, 0.5) is 5.69 Å². The molecule has 0 saturated heterocycles. The van der Waals surface area contributed by atoms with E-state index in [4.69, 9.17) is 9.47 Å². The van der Waals surface area contributed by atoms with E-state index < -0.39 is 17.7 Å². The summed E-state index contributed by atoms with van der Waals surface area (Å²) in [7, 11) is 1.59. The molecule has 1 amide bonds. The number of thiazole rings is 1. The first kappa shape index (κ1) is 25.6. The Balaban J connectivity index is 1.78. The standard InChI is InChI=1S/C28H30N2O5S/c1-17(2)15-23(31)25-26(21-7-5-6-8-24(21)35-14-13-34-4)30(28(33)27(25)32)20-11-9-19(10-12-20)22-16-36-18(3)29-22/h5-12,16-17,26,32H,13-15H2,1-4H3. The van der Waals surface area contributed by atoms with Crippen LogP contribution in [0.2, 0.25) is 0 Å². The smallest absolute Gasteiger partial charge is 0.294 e. The van der Waals surface area contributed by atoms with Crippen LogP contribution in [-0.4, -0.2) is 42.1 Å². The average molecular weight is 507 g/mol. The van der Waals surface area contributed by atoms with Gasteiger partial charge in [-0.3, -0.25) is 14.5 Å². The summed E-state index contributed by atoms with van der Waals surface area (Å²) in [5.41, 5.74) is 3.06. The van der Waals surface area contributed by atoms with Crippen LogP contribution < -0.4 is 9.64 Å². The highest BCUT2D eigenvalue weighted by Crippen LogP contribution is 2.44. The number of carbonyl (C=O) groups excluding carboxylic acids is 2. The van der Waals surface area contributed by atoms with Crippen molar-refractivity contribution in [1.29, 1.82) is 0 Å². The third kappa shape index (κ3) is 5.20. The molecule has 0 aliphatic carbocycles. The first-order valence-electron chi connectivity index (χ1n) is 11.8. The van der Waals surface area contributed by atoms with Crippen LogP contribution in [0.25, 0.3) is 11.3 Å². The minimum Gasteiger partial charge on any atom is -0.503 e. The lowest BCUT2D eigenvalue weighted by Crippen LogP contribution is -2.31. The molecular weight excluding hydrogens is 476 g/mol. The Morgan fingerprint density at radius 2 is 1.86 bits per heavy atom. The summed E-state index contributed by atoms with van der Waals surface area (Å²) < 4.78 is 11.1. The van der Waals surface area contributed by atoms with Crippen LogP contribution in [0.3, 0.4) is 0 Å². The number of amides is 1. The summed E-state index contributed by atoms with van der Waals surface area (Å²) in [5, 5.41) is 13.9. The number of aryl methyl sites for hydroxylation is 1. The number of hydrogen-bond acceptors (Lipinski definition) is 7. The molecule has 0 saturated carbocycles. The lowest BCUT2D eigenvalue weighted by molar-refractivity contribution is -0.118. The second kappa shape index (κ2) is 11.1. The number of rotatable bonds is 10. The monoisotopic (exact) mass is 506 g/mol. The van der Waals surface area contributed by atoms with Crippen molar-refractivity contribution in [3.8, 4) is 17.0 Å². The number of aliphatic hydroxyl groups excluding tert-OH is 1. The average Bonchev–Trinajstić information content (AvgIpc) is 3.40. The molecule has 1 atom stereocenters. The van der Waals surface area contributed by atoms with Gasteiger partial charge in [0.1, 0.15) is 12.4 Å². The number of Topliss-reactive ketones (excluding diaryl/α,β-unsaturated/α-hetero) is 1. The Morgan fingerprint density at radius 3 is 2.50 bits per heavy atom. The number of aromatic nitrogens is 1. The highest BCUT2D eigenvalue weighted by Gasteiger charge is 2.45. The Labute approximate surface area is 215 Å². The van der Waals surface area contributed by atoms with Gasteiger partial charge in [0.25, 0.3) is 5.91 Å². The second-order valence-corrected chi connectivity index (χ2v) is 10.1. The Kier molecular flexibility index (Phi) is 7.86. The Morgan fingerprint density at radius 1 is 1.14 bits per heavy atom. The highest BCUT2D eigenvalue weighted by atomic mass is 32.1. The maximum absolute atomic E-state index is 13.4. The fourth-order valence-electron chi connectivity index (χ4n) is 4.29. The molecule has 3 aromatic rings. The molecule has 1 unspecified atom stereocenters. The van der Waals surface area contributed by atoms with Crippen LogP contribution in [0, 0.1) is 12.8 Å². The van der Waals surface area contributed by atoms with E-state index in [1.165, 1.54) is 4.90 Å². The maximum Gasteiger partial charge on any atom is 0.294 e. The van der Waals surface area contributed by atoms with Crippen LogP contribution in [0.15, 0.2) is 65.2 Å². The largest absolute Gasteiger partial charge is 0.503 e. The molecule has 0 fully saturated rings. The van der Waals surface area contributed by atoms with Gasteiger partial charge in [-0.25, -0.2) is 4.98 Å². The summed E-state index contributed by atoms with van der Waals surface area (Å²) in [5.74, 6) is -0.801. The van der Waals surface area contributed by atoms with E-state index in [9.17, 15) is 14.7 Å². The van der Waals surface area contributed by atoms with E-state index in [1.807, 2.05) is 68.6 Å². The lowest BCUT2D eigenvalue weighted by Gasteiger charge is -2.28. The van der Waals surface area contributed by atoms with Gasteiger partial charge in [-0.1, -0.05) is 44.2 Å². The van der Waals surface area contributed by atoms with Crippen molar-refractivity contribution in [2.75, 3.05) is 25.2 Å². The molecule has 1 aliphatic heterocycles. The van der Waals surface area contributed by atoms with E-state index in [0.29, 0.717) is 30.2 Å². The van der Waals surface area contributed by atoms with Gasteiger partial charge >= 0.3 is 0 Å². The van der Waals surface area contributed by atoms with Crippen molar-refractivity contribution in [3.05, 3.63) is 75.8 Å². The molecule has 1 aliphatic rings. The number of anilines is 1. The van der Waals surface area contributed by atoms with Gasteiger partial charge < -0.3 is 14.6 Å². The zero-order chi connectivity index (χ0) is 25.8. The molecule has 2 heterocycles. The van der Waals surface area contributed by atoms with Crippen LogP contribution in [0.5, 0.6) is 5.75 Å². The van der Waals surface area contributed by atoms with Crippen molar-refractivity contribution < 1.29 is 24.2 Å². The number of methoxy groups -OCH3 is 1. The zero-order valence-corrected chi connectivity index (χ0v) is 21.7. The number of ketones is 1. The number of nitrogens with zero attached hydrogens (tertiary/aromatic N) is 2. The first-order valence-corrected chi connectivity index (χ1v) is 12.7. The summed E-state index contributed by atoms with van der Waals surface area (Å²) in [6.45, 7) is 6.51. The zero-order valence-electron chi connectivity index (χ0n) is 20.9. The predicted octanol–water partition coefficient (Wildman–Crippen LogP) is 5.66. The van der Waals surface area contributed by atoms with Gasteiger partial charge in [0.2, 0.25) is 0 Å². The van der Waals surface area contributed by atoms with Crippen molar-refractivity contribution in [2.24, 2.45) is 5.92 Å². The molecule has 4 rings (SSSR count). The summed E-state index contributed by atoms with van der Waals surface area (Å²) in [6, 6.07) is 13.8. The molecule has 0 radical (unpaired) electrons. The number of para-hydroxylation sites is 1. The highest BCUT2D eigenvalue weighted by molar-refractivity contribution is 7.09. The summed E-state index contributed by atoms with van der Waals surface area (Å²) in [4.78, 5) is 32.7. The topological polar surface area (TPSA) is 89.0 Å². The molecule has 36 heavy (non-hydrogen) atoms. The van der Waals surface area contributed by atoms with Gasteiger partial charge in [-0.05, 0) is 31.0 Å². The molecule has 2 aromatic carbocycles. The fourth-order valence-corrected chi connectivity index (χ4v) is 4.92. The fraction of sp³-hybridized carbons (Fsp3) is 0.321. The summed E-state index contributed by atoms with van der Waals surface area (Å²) >= 11 is 1.57. The normalized spacial score (nSPS) is 15.8. The van der Waals surface area contributed by atoms with Gasteiger partial charge in [-0.15, -0.1) is 11.3 Å². The third-order valence-corrected chi connectivity index (χ3v) is 6.69. The quantitative estimate of drug-likeness (QED) is 0.357. The predicted molar refractivity (Wildman–Crippen MR) is 140 cm³/mol. The molecule has 8 heteroatoms. The maximum atomic E-state index is 13.4. The van der Waals surface area contributed by atoms with E-state index in [1.54, 1.807) is 24.5 Å². The van der Waals surface area contributed by atoms with Crippen molar-refractivity contribution >= 4 is 28.7 Å². The molecule has 188 valence electrons. The molecule has 0 bridgehead atoms. The minimum absolute atomic E-state index is 0.0663. The number of benzene rings is 2. The van der Waals surface area contributed by atoms with Crippen molar-refractivity contribution in [2.45, 2.75) is 33.2 Å². The summed E-state index contributed by atoms with van der Waals surface area (Å²) in [6.07, 6.45) is 0.214. The first-order chi connectivity index (χ1) is 17.3. The van der Waals surface area contributed by atoms with Crippen molar-refractivity contribution in [1.82, 2.24) is 4.98 Å². The minimum atomic E-state index is -0.824. The number of hydrogen-bond donors (Lipinski definition) is 1. The van der Waals surface area contributed by atoms with Gasteiger partial charge in [-0.2, -0.15) is 0 Å². The Bertz CT molecular complexity index is 1280. The molecule has 1 N–H and O–H groups in total. The van der Waals surface area contributed by atoms with Gasteiger partial charge in [0, 0.05) is 35.7 Å². The number of carbonyl (C=O) groups is 2. The van der Waals surface area contributed by atoms with Crippen LogP contribution >= 0.6 is 11.3 Å².